The van der Waals surface area contributed by atoms with E-state index in [9.17, 15) is 43.2 Å². The summed E-state index contributed by atoms with van der Waals surface area (Å²) < 4.78 is 9.29. The van der Waals surface area contributed by atoms with E-state index in [0.717, 1.165) is 11.6 Å². The summed E-state index contributed by atoms with van der Waals surface area (Å²) in [5, 5.41) is 57.9. The van der Waals surface area contributed by atoms with E-state index in [1.165, 1.54) is 7.05 Å². The number of carboxylic acid groups (broad SMARTS) is 6. The first kappa shape index (κ1) is 43.1. The van der Waals surface area contributed by atoms with Crippen LogP contribution in [0.2, 0.25) is 0 Å². The Kier molecular flexibility index (Phi) is 18.0. The number of nitrogens with two attached hydrogens (primary N) is 2. The van der Waals surface area contributed by atoms with Crippen LogP contribution in [0.4, 0.5) is 0 Å². The molecule has 1 aliphatic rings. The van der Waals surface area contributed by atoms with Crippen molar-refractivity contribution in [1.29, 1.82) is 0 Å². The second kappa shape index (κ2) is 20.4. The van der Waals surface area contributed by atoms with E-state index in [2.05, 4.69) is 26.3 Å². The van der Waals surface area contributed by atoms with Gasteiger partial charge in [0.05, 0.1) is 19.4 Å². The summed E-state index contributed by atoms with van der Waals surface area (Å²) in [6.07, 6.45) is -0.534. The van der Waals surface area contributed by atoms with E-state index in [-0.39, 0.29) is 24.6 Å². The fourth-order valence-electron chi connectivity index (χ4n) is 3.81. The number of hydrogen-bond donors (Lipinski definition) is 12. The summed E-state index contributed by atoms with van der Waals surface area (Å²) in [6, 6.07) is -3.33. The van der Waals surface area contributed by atoms with Gasteiger partial charge in [0.2, 0.25) is 0 Å². The van der Waals surface area contributed by atoms with Gasteiger partial charge in [-0.2, -0.15) is 5.16 Å². The van der Waals surface area contributed by atoms with Gasteiger partial charge >= 0.3 is 47.3 Å². The van der Waals surface area contributed by atoms with Crippen molar-refractivity contribution in [3.63, 3.8) is 0 Å². The number of likely N-dealkylation sites (N-methyl/N-ethyl adjacent to an activating group) is 1. The Morgan fingerprint density at radius 2 is 1.59 bits per heavy atom. The van der Waals surface area contributed by atoms with Crippen LogP contribution in [0, 0.1) is 11.8 Å². The highest BCUT2D eigenvalue weighted by Crippen LogP contribution is 2.30. The van der Waals surface area contributed by atoms with Gasteiger partial charge in [-0.1, -0.05) is 12.2 Å². The Morgan fingerprint density at radius 1 is 1.00 bits per heavy atom. The minimum Gasteiger partial charge on any atom is -0.481 e. The van der Waals surface area contributed by atoms with Crippen LogP contribution < -0.4 is 39.1 Å². The third kappa shape index (κ3) is 15.5. The molecule has 0 amide bonds. The normalized spacial score (nSPS) is 18.0. The first-order chi connectivity index (χ1) is 22.6. The summed E-state index contributed by atoms with van der Waals surface area (Å²) in [4.78, 5) is 95.5. The average Bonchev–Trinajstić information content (AvgIpc) is 3.69. The number of carboxylic acids is 6. The molecule has 24 heteroatoms. The first-order valence-corrected chi connectivity index (χ1v) is 13.5. The Labute approximate surface area is 272 Å². The maximum Gasteiger partial charge on any atom is 0.440 e. The quantitative estimate of drug-likeness (QED) is 0.0883. The molecule has 1 fully saturated rings. The van der Waals surface area contributed by atoms with E-state index in [1.54, 1.807) is 11.9 Å². The smallest absolute Gasteiger partial charge is 0.440 e. The molecule has 3 rings (SSSR count). The zero-order chi connectivity index (χ0) is 38.2. The van der Waals surface area contributed by atoms with Crippen molar-refractivity contribution in [3.05, 3.63) is 55.4 Å². The van der Waals surface area contributed by atoms with Gasteiger partial charge in [0.1, 0.15) is 18.1 Å². The molecule has 0 saturated carbocycles. The molecule has 49 heavy (non-hydrogen) atoms. The predicted octanol–water partition coefficient (Wildman–Crippen LogP) is -3.95. The van der Waals surface area contributed by atoms with Crippen LogP contribution in [0.5, 0.6) is 0 Å². The van der Waals surface area contributed by atoms with Gasteiger partial charge in [0.15, 0.2) is 11.8 Å². The van der Waals surface area contributed by atoms with Crippen molar-refractivity contribution >= 4 is 35.8 Å². The molecule has 6 atom stereocenters. The molecular formula is C25H37N7O17. The topological polar surface area (TPSA) is 414 Å². The molecule has 0 bridgehead atoms. The molecule has 1 aliphatic heterocycles. The van der Waals surface area contributed by atoms with Crippen LogP contribution in [0.25, 0.3) is 0 Å². The Bertz CT molecular complexity index is 1610. The maximum atomic E-state index is 10.9. The molecule has 2 aromatic rings. The average molecular weight is 708 g/mol. The lowest BCUT2D eigenvalue weighted by atomic mass is 9.84. The Balaban J connectivity index is 0.000000635. The van der Waals surface area contributed by atoms with Crippen LogP contribution in [-0.2, 0) is 35.3 Å². The lowest BCUT2D eigenvalue weighted by Crippen LogP contribution is -2.37. The van der Waals surface area contributed by atoms with Gasteiger partial charge in [0, 0.05) is 18.5 Å². The van der Waals surface area contributed by atoms with Crippen LogP contribution in [-0.4, -0.2) is 113 Å². The molecule has 0 aromatic carbocycles. The van der Waals surface area contributed by atoms with E-state index in [0.29, 0.717) is 11.3 Å². The number of aromatic amines is 2. The molecule has 0 spiro atoms. The third-order valence-electron chi connectivity index (χ3n) is 6.26. The summed E-state index contributed by atoms with van der Waals surface area (Å²) in [5.41, 5.74) is 9.70. The van der Waals surface area contributed by atoms with Gasteiger partial charge in [0.25, 0.3) is 5.56 Å². The van der Waals surface area contributed by atoms with Crippen molar-refractivity contribution in [2.45, 2.75) is 50.5 Å². The Morgan fingerprint density at radius 3 is 1.92 bits per heavy atom. The summed E-state index contributed by atoms with van der Waals surface area (Å²) in [5.74, 6) is -8.26. The van der Waals surface area contributed by atoms with Crippen molar-refractivity contribution in [1.82, 2.24) is 25.5 Å². The van der Waals surface area contributed by atoms with Gasteiger partial charge < -0.3 is 61.8 Å². The maximum absolute atomic E-state index is 10.9. The number of rotatable bonds is 13. The number of nitrogens with one attached hydrogen (secondary N) is 4. The van der Waals surface area contributed by atoms with Gasteiger partial charge in [-0.15, -0.1) is 4.74 Å². The van der Waals surface area contributed by atoms with Crippen molar-refractivity contribution < 1.29 is 68.5 Å². The fraction of sp³-hybridized carbons (Fsp3) is 0.480. The standard InChI is InChI=1S/C10H15NO4.C5H7N3O5.C5H6N2O4.C5H9NO4/c1-5(2)7-4-11-9(10(14)15)6(7)3-8(12)13;6-2(3(9)10)1-8-4(11)7-5(12)13-8;6-4(5(9)10)2-1-3(8)7-11-2;1-6-3(5(9)10)2-4(7)8/h6-7,9,11H,1,3-4H2,2H3,(H,12,13)(H,14,15);2H,1,6H2,(H,9,10)(H,7,11,12);1,4H,6H2,(H,7,8)(H,9,10);3,6H,2H2,1H3,(H,7,8)(H,9,10)/t6-,7+,9-;2-;;3-/m00.1/s1. The van der Waals surface area contributed by atoms with E-state index >= 15 is 0 Å². The van der Waals surface area contributed by atoms with Crippen LogP contribution >= 0.6 is 0 Å². The monoisotopic (exact) mass is 707 g/mol. The number of carbonyl (C=O) groups is 6. The van der Waals surface area contributed by atoms with Gasteiger partial charge in [-0.3, -0.25) is 33.6 Å². The lowest BCUT2D eigenvalue weighted by molar-refractivity contribution is -0.145. The van der Waals surface area contributed by atoms with Crippen LogP contribution in [0.1, 0.15) is 31.6 Å². The molecule has 1 saturated heterocycles. The Hall–Kier alpha value is -5.85. The zero-order valence-corrected chi connectivity index (χ0v) is 25.9. The van der Waals surface area contributed by atoms with Crippen molar-refractivity contribution in [3.8, 4) is 0 Å². The molecule has 274 valence electrons. The first-order valence-electron chi connectivity index (χ1n) is 13.5. The second-order valence-corrected chi connectivity index (χ2v) is 9.96. The highest BCUT2D eigenvalue weighted by molar-refractivity contribution is 5.80. The zero-order valence-electron chi connectivity index (χ0n) is 25.9. The minimum absolute atomic E-state index is 0.0674. The molecule has 0 aliphatic carbocycles. The predicted molar refractivity (Wildman–Crippen MR) is 159 cm³/mol. The summed E-state index contributed by atoms with van der Waals surface area (Å²) in [6.45, 7) is 5.67. The fourth-order valence-corrected chi connectivity index (χ4v) is 3.81. The minimum atomic E-state index is -1.28. The molecule has 24 nitrogen and oxygen atoms in total. The molecule has 1 unspecified atom stereocenters. The van der Waals surface area contributed by atoms with Crippen LogP contribution in [0.15, 0.2) is 41.6 Å². The summed E-state index contributed by atoms with van der Waals surface area (Å²) in [7, 11) is 1.40. The van der Waals surface area contributed by atoms with Crippen molar-refractivity contribution in [2.24, 2.45) is 23.3 Å². The molecule has 3 heterocycles. The van der Waals surface area contributed by atoms with Gasteiger partial charge in [-0.05, 0) is 19.9 Å². The molecule has 2 aromatic heterocycles. The van der Waals surface area contributed by atoms with Crippen molar-refractivity contribution in [2.75, 3.05) is 13.6 Å². The lowest BCUT2D eigenvalue weighted by Gasteiger charge is -2.19. The summed E-state index contributed by atoms with van der Waals surface area (Å²) >= 11 is 0. The molecule has 0 radical (unpaired) electrons. The van der Waals surface area contributed by atoms with E-state index in [4.69, 9.17) is 42.1 Å². The highest BCUT2D eigenvalue weighted by Gasteiger charge is 2.41. The highest BCUT2D eigenvalue weighted by atomic mass is 16.5. The molecule has 14 N–H and O–H groups in total. The number of aromatic nitrogens is 3. The molecular weight excluding hydrogens is 670 g/mol. The number of aliphatic carboxylic acids is 6. The largest absolute Gasteiger partial charge is 0.481 e. The number of hydrogen-bond acceptors (Lipinski definition) is 15. The van der Waals surface area contributed by atoms with Gasteiger partial charge in [-0.25, -0.2) is 14.6 Å². The SMILES string of the molecule is C=C(C)[C@H]1CN[C@H](C(=O)O)[C@H]1CC(=O)O.CN[C@H](CC(=O)O)C(=O)O.NC(C(=O)O)c1cc(=O)[nH]o1.N[C@@H](Cn1oc(=O)[nH]c1=O)C(=O)O. The van der Waals surface area contributed by atoms with Crippen LogP contribution in [0.3, 0.4) is 0 Å². The van der Waals surface area contributed by atoms with E-state index < -0.39 is 89.3 Å². The number of H-pyrrole nitrogens is 2. The third-order valence-corrected chi connectivity index (χ3v) is 6.26. The van der Waals surface area contributed by atoms with E-state index in [1.807, 2.05) is 5.16 Å². The number of nitrogens with zero attached hydrogens (tertiary/aromatic N) is 1. The second-order valence-electron chi connectivity index (χ2n) is 9.96.